The van der Waals surface area contributed by atoms with Crippen LogP contribution in [0.5, 0.6) is 0 Å². The summed E-state index contributed by atoms with van der Waals surface area (Å²) in [5.41, 5.74) is 0. The van der Waals surface area contributed by atoms with Gasteiger partial charge >= 0.3 is 17.1 Å². The largest absolute Gasteiger partial charge is 0.413 e. The maximum Gasteiger partial charge on any atom is 0.413 e. The molecule has 0 aromatic heterocycles. The van der Waals surface area contributed by atoms with Crippen molar-refractivity contribution in [3.05, 3.63) is 12.2 Å². The van der Waals surface area contributed by atoms with Gasteiger partial charge in [0.25, 0.3) is 0 Å². The van der Waals surface area contributed by atoms with Gasteiger partial charge in [-0.05, 0) is 54.8 Å². The molecular weight excluding hydrogens is 370 g/mol. The fraction of sp³-hybridized carbons (Fsp3) is 0.875. The van der Waals surface area contributed by atoms with Gasteiger partial charge in [-0.1, -0.05) is 12.2 Å². The SMILES string of the molecule is CS(=O)(=O)C(F)(F)C(F)(F)C(F)(F)C1CC2CC1C1C3C=CC(C3)C21. The summed E-state index contributed by atoms with van der Waals surface area (Å²) >= 11 is 0. The molecule has 0 saturated heterocycles. The third kappa shape index (κ3) is 1.96. The maximum atomic E-state index is 14.6. The van der Waals surface area contributed by atoms with Crippen LogP contribution in [0.1, 0.15) is 19.3 Å². The van der Waals surface area contributed by atoms with Crippen LogP contribution in [0.3, 0.4) is 0 Å². The highest BCUT2D eigenvalue weighted by Gasteiger charge is 2.80. The van der Waals surface area contributed by atoms with Gasteiger partial charge in [0.2, 0.25) is 9.84 Å². The lowest BCUT2D eigenvalue weighted by Gasteiger charge is -2.42. The van der Waals surface area contributed by atoms with Crippen molar-refractivity contribution < 1.29 is 34.8 Å². The first-order chi connectivity index (χ1) is 11.3. The molecule has 4 aliphatic carbocycles. The molecule has 0 aromatic carbocycles. The molecule has 0 amide bonds. The lowest BCUT2D eigenvalue weighted by molar-refractivity contribution is -0.305. The van der Waals surface area contributed by atoms with Crippen LogP contribution in [0.15, 0.2) is 12.2 Å². The monoisotopic (exact) mass is 388 g/mol. The molecule has 4 bridgehead atoms. The molecule has 3 saturated carbocycles. The van der Waals surface area contributed by atoms with Crippen molar-refractivity contribution in [3.8, 4) is 0 Å². The molecule has 0 aromatic rings. The second-order valence-electron chi connectivity index (χ2n) is 8.09. The van der Waals surface area contributed by atoms with Gasteiger partial charge in [-0.25, -0.2) is 8.42 Å². The fourth-order valence-electron chi connectivity index (χ4n) is 6.09. The average molecular weight is 388 g/mol. The maximum absolute atomic E-state index is 14.6. The van der Waals surface area contributed by atoms with E-state index in [2.05, 4.69) is 0 Å². The summed E-state index contributed by atoms with van der Waals surface area (Å²) in [6.07, 6.45) is 4.73. The topological polar surface area (TPSA) is 34.1 Å². The molecule has 2 nitrogen and oxygen atoms in total. The quantitative estimate of drug-likeness (QED) is 0.415. The van der Waals surface area contributed by atoms with Gasteiger partial charge in [-0.3, -0.25) is 0 Å². The number of fused-ring (bicyclic) bond motifs is 9. The first-order valence-corrected chi connectivity index (χ1v) is 10.2. The summed E-state index contributed by atoms with van der Waals surface area (Å²) in [6, 6.07) is 0. The van der Waals surface area contributed by atoms with Crippen molar-refractivity contribution in [2.45, 2.75) is 36.4 Å². The number of rotatable bonds is 4. The van der Waals surface area contributed by atoms with E-state index in [1.165, 1.54) is 0 Å². The van der Waals surface area contributed by atoms with Crippen LogP contribution < -0.4 is 0 Å². The molecular formula is C16H18F6O2S. The molecule has 3 fully saturated rings. The minimum atomic E-state index is -5.94. The van der Waals surface area contributed by atoms with E-state index in [1.54, 1.807) is 0 Å². The molecule has 4 aliphatic rings. The highest BCUT2D eigenvalue weighted by molar-refractivity contribution is 7.91. The summed E-state index contributed by atoms with van der Waals surface area (Å²) in [6.45, 7) is 0. The first kappa shape index (κ1) is 17.7. The standard InChI is InChI=1S/C16H18F6O2S/c1-25(23,24)16(21,22)15(19,20)14(17,18)11-6-9-5-10(11)13-8-3-2-7(4-8)12(9)13/h2-3,7-13H,4-6H2,1H3. The Kier molecular flexibility index (Phi) is 3.36. The van der Waals surface area contributed by atoms with E-state index >= 15 is 0 Å². The third-order valence-corrected chi connectivity index (χ3v) is 8.17. The van der Waals surface area contributed by atoms with Gasteiger partial charge in [0.05, 0.1) is 0 Å². The summed E-state index contributed by atoms with van der Waals surface area (Å²) in [5, 5.41) is -5.81. The minimum absolute atomic E-state index is 0.0487. The molecule has 0 radical (unpaired) electrons. The predicted molar refractivity (Wildman–Crippen MR) is 77.1 cm³/mol. The lowest BCUT2D eigenvalue weighted by Crippen LogP contribution is -2.61. The number of halogens is 6. The Hall–Kier alpha value is -0.730. The number of sulfone groups is 1. The van der Waals surface area contributed by atoms with Gasteiger partial charge in [0, 0.05) is 12.2 Å². The Morgan fingerprint density at radius 1 is 0.880 bits per heavy atom. The highest BCUT2D eigenvalue weighted by atomic mass is 32.2. The summed E-state index contributed by atoms with van der Waals surface area (Å²) in [7, 11) is -5.69. The van der Waals surface area contributed by atoms with Crippen molar-refractivity contribution in [2.75, 3.05) is 6.26 Å². The normalized spacial score (nSPS) is 43.1. The molecule has 0 spiro atoms. The van der Waals surface area contributed by atoms with Gasteiger partial charge in [-0.15, -0.1) is 0 Å². The van der Waals surface area contributed by atoms with Gasteiger partial charge < -0.3 is 0 Å². The van der Waals surface area contributed by atoms with Gasteiger partial charge in [0.15, 0.2) is 0 Å². The van der Waals surface area contributed by atoms with Crippen LogP contribution in [-0.2, 0) is 9.84 Å². The predicted octanol–water partition coefficient (Wildman–Crippen LogP) is 3.99. The Bertz CT molecular complexity index is 731. The zero-order chi connectivity index (χ0) is 18.6. The number of hydrogen-bond acceptors (Lipinski definition) is 2. The summed E-state index contributed by atoms with van der Waals surface area (Å²) < 4.78 is 107. The van der Waals surface area contributed by atoms with Crippen molar-refractivity contribution >= 4 is 9.84 Å². The van der Waals surface area contributed by atoms with Crippen molar-refractivity contribution in [2.24, 2.45) is 41.4 Å². The second-order valence-corrected chi connectivity index (χ2v) is 10.1. The highest BCUT2D eigenvalue weighted by Crippen LogP contribution is 2.70. The number of allylic oxidation sites excluding steroid dienone is 2. The fourth-order valence-corrected chi connectivity index (χ4v) is 6.69. The van der Waals surface area contributed by atoms with E-state index in [1.807, 2.05) is 12.2 Å². The Morgan fingerprint density at radius 3 is 2.00 bits per heavy atom. The van der Waals surface area contributed by atoms with E-state index in [-0.39, 0.29) is 42.3 Å². The Labute approximate surface area is 141 Å². The van der Waals surface area contributed by atoms with E-state index in [4.69, 9.17) is 0 Å². The molecule has 7 unspecified atom stereocenters. The third-order valence-electron chi connectivity index (χ3n) is 6.99. The molecule has 0 N–H and O–H groups in total. The van der Waals surface area contributed by atoms with E-state index in [9.17, 15) is 34.8 Å². The van der Waals surface area contributed by atoms with Crippen LogP contribution in [0.4, 0.5) is 26.3 Å². The van der Waals surface area contributed by atoms with E-state index in [0.29, 0.717) is 6.42 Å². The average Bonchev–Trinajstić information content (AvgIpc) is 3.23. The van der Waals surface area contributed by atoms with Gasteiger partial charge in [0.1, 0.15) is 0 Å². The van der Waals surface area contributed by atoms with Crippen LogP contribution in [0, 0.1) is 41.4 Å². The van der Waals surface area contributed by atoms with Crippen LogP contribution in [-0.4, -0.2) is 31.8 Å². The molecule has 0 aliphatic heterocycles. The Balaban J connectivity index is 1.67. The molecule has 25 heavy (non-hydrogen) atoms. The lowest BCUT2D eigenvalue weighted by atomic mass is 9.67. The van der Waals surface area contributed by atoms with E-state index < -0.39 is 38.8 Å². The van der Waals surface area contributed by atoms with E-state index in [0.717, 1.165) is 6.42 Å². The van der Waals surface area contributed by atoms with Crippen molar-refractivity contribution in [3.63, 3.8) is 0 Å². The molecule has 4 rings (SSSR count). The van der Waals surface area contributed by atoms with Gasteiger partial charge in [-0.2, -0.15) is 26.3 Å². The second kappa shape index (κ2) is 4.75. The molecule has 0 heterocycles. The number of alkyl halides is 6. The van der Waals surface area contributed by atoms with Crippen LogP contribution in [0.2, 0.25) is 0 Å². The van der Waals surface area contributed by atoms with Crippen LogP contribution in [0.25, 0.3) is 0 Å². The zero-order valence-electron chi connectivity index (χ0n) is 13.3. The smallest absolute Gasteiger partial charge is 0.223 e. The molecule has 142 valence electrons. The van der Waals surface area contributed by atoms with Crippen molar-refractivity contribution in [1.29, 1.82) is 0 Å². The minimum Gasteiger partial charge on any atom is -0.223 e. The first-order valence-electron chi connectivity index (χ1n) is 8.32. The molecule has 7 atom stereocenters. The molecule has 9 heteroatoms. The zero-order valence-corrected chi connectivity index (χ0v) is 14.1. The summed E-state index contributed by atoms with van der Waals surface area (Å²) in [5.74, 6) is -13.5. The van der Waals surface area contributed by atoms with Crippen molar-refractivity contribution in [1.82, 2.24) is 0 Å². The summed E-state index contributed by atoms with van der Waals surface area (Å²) in [4.78, 5) is 0. The van der Waals surface area contributed by atoms with Crippen LogP contribution >= 0.6 is 0 Å². The number of hydrogen-bond donors (Lipinski definition) is 0. The Morgan fingerprint density at radius 2 is 1.44 bits per heavy atom.